The Hall–Kier alpha value is -0.0800. The minimum atomic E-state index is -0.535. The number of ether oxygens (including phenoxy) is 1. The van der Waals surface area contributed by atoms with Crippen LogP contribution in [-0.4, -0.2) is 23.9 Å². The van der Waals surface area contributed by atoms with Gasteiger partial charge in [0.1, 0.15) is 0 Å². The zero-order valence-corrected chi connectivity index (χ0v) is 7.63. The summed E-state index contributed by atoms with van der Waals surface area (Å²) >= 11 is 0. The van der Waals surface area contributed by atoms with Crippen LogP contribution in [0.1, 0.15) is 27.2 Å². The van der Waals surface area contributed by atoms with E-state index in [1.54, 1.807) is 0 Å². The summed E-state index contributed by atoms with van der Waals surface area (Å²) in [6.07, 6.45) is 0.855. The van der Waals surface area contributed by atoms with Crippen molar-refractivity contribution in [2.24, 2.45) is 11.8 Å². The van der Waals surface area contributed by atoms with E-state index in [4.69, 9.17) is 4.74 Å². The molecule has 1 rings (SSSR count). The summed E-state index contributed by atoms with van der Waals surface area (Å²) in [4.78, 5) is 0. The second-order valence-electron chi connectivity index (χ2n) is 4.29. The lowest BCUT2D eigenvalue weighted by atomic mass is 9.87. The maximum Gasteiger partial charge on any atom is 0.0595 e. The highest BCUT2D eigenvalue weighted by molar-refractivity contribution is 4.78. The van der Waals surface area contributed by atoms with Crippen molar-refractivity contribution in [2.75, 3.05) is 13.2 Å². The lowest BCUT2D eigenvalue weighted by Gasteiger charge is -2.23. The van der Waals surface area contributed by atoms with Gasteiger partial charge in [0.15, 0.2) is 0 Å². The van der Waals surface area contributed by atoms with Crippen LogP contribution in [0.3, 0.4) is 0 Å². The van der Waals surface area contributed by atoms with Crippen LogP contribution >= 0.6 is 0 Å². The van der Waals surface area contributed by atoms with Crippen molar-refractivity contribution >= 4 is 0 Å². The predicted octanol–water partition coefficient (Wildman–Crippen LogP) is 1.43. The number of hydrogen-bond acceptors (Lipinski definition) is 2. The Morgan fingerprint density at radius 1 is 1.45 bits per heavy atom. The van der Waals surface area contributed by atoms with Gasteiger partial charge in [-0.25, -0.2) is 0 Å². The molecule has 1 N–H and O–H groups in total. The van der Waals surface area contributed by atoms with Crippen LogP contribution in [0.5, 0.6) is 0 Å². The van der Waals surface area contributed by atoms with Gasteiger partial charge in [0.05, 0.1) is 5.60 Å². The monoisotopic (exact) mass is 158 g/mol. The fourth-order valence-corrected chi connectivity index (χ4v) is 1.61. The van der Waals surface area contributed by atoms with Crippen molar-refractivity contribution in [1.29, 1.82) is 0 Å². The predicted molar refractivity (Wildman–Crippen MR) is 44.4 cm³/mol. The topological polar surface area (TPSA) is 29.5 Å². The first-order valence-electron chi connectivity index (χ1n) is 4.29. The van der Waals surface area contributed by atoms with Gasteiger partial charge < -0.3 is 9.84 Å². The standard InChI is InChI=1S/C9H18O2/c1-7-5-11-6-8(7)4-9(2,3)10/h7-8,10H,4-6H2,1-3H3/t7-,8+/m0/s1. The lowest BCUT2D eigenvalue weighted by molar-refractivity contribution is 0.0456. The van der Waals surface area contributed by atoms with E-state index in [1.807, 2.05) is 13.8 Å². The average molecular weight is 158 g/mol. The van der Waals surface area contributed by atoms with Crippen molar-refractivity contribution in [1.82, 2.24) is 0 Å². The number of aliphatic hydroxyl groups is 1. The fraction of sp³-hybridized carbons (Fsp3) is 1.00. The summed E-state index contributed by atoms with van der Waals surface area (Å²) in [7, 11) is 0. The van der Waals surface area contributed by atoms with E-state index in [2.05, 4.69) is 6.92 Å². The molecule has 0 aromatic carbocycles. The first-order valence-corrected chi connectivity index (χ1v) is 4.29. The van der Waals surface area contributed by atoms with E-state index in [0.29, 0.717) is 11.8 Å². The Balaban J connectivity index is 2.37. The first-order chi connectivity index (χ1) is 4.99. The number of rotatable bonds is 2. The maximum absolute atomic E-state index is 9.54. The molecule has 1 aliphatic heterocycles. The van der Waals surface area contributed by atoms with Gasteiger partial charge in [-0.05, 0) is 32.1 Å². The summed E-state index contributed by atoms with van der Waals surface area (Å²) in [5.74, 6) is 1.16. The lowest BCUT2D eigenvalue weighted by Crippen LogP contribution is -2.25. The molecule has 0 unspecified atom stereocenters. The Labute approximate surface area is 68.6 Å². The van der Waals surface area contributed by atoms with Crippen LogP contribution < -0.4 is 0 Å². The summed E-state index contributed by atoms with van der Waals surface area (Å²) in [6, 6.07) is 0. The Bertz CT molecular complexity index is 126. The molecule has 1 aliphatic rings. The van der Waals surface area contributed by atoms with Gasteiger partial charge in [-0.2, -0.15) is 0 Å². The van der Waals surface area contributed by atoms with Crippen molar-refractivity contribution in [3.8, 4) is 0 Å². The SMILES string of the molecule is C[C@H]1COC[C@H]1CC(C)(C)O. The third-order valence-corrected chi connectivity index (χ3v) is 2.28. The minimum Gasteiger partial charge on any atom is -0.390 e. The normalized spacial score (nSPS) is 32.7. The minimum absolute atomic E-state index is 0.535. The third kappa shape index (κ3) is 2.80. The van der Waals surface area contributed by atoms with E-state index in [9.17, 15) is 5.11 Å². The summed E-state index contributed by atoms with van der Waals surface area (Å²) in [5, 5.41) is 9.54. The van der Waals surface area contributed by atoms with Crippen molar-refractivity contribution < 1.29 is 9.84 Å². The van der Waals surface area contributed by atoms with E-state index in [-0.39, 0.29) is 0 Å². The quantitative estimate of drug-likeness (QED) is 0.658. The zero-order chi connectivity index (χ0) is 8.48. The molecule has 0 aromatic heterocycles. The second-order valence-corrected chi connectivity index (χ2v) is 4.29. The summed E-state index contributed by atoms with van der Waals surface area (Å²) < 4.78 is 5.30. The smallest absolute Gasteiger partial charge is 0.0595 e. The largest absolute Gasteiger partial charge is 0.390 e. The average Bonchev–Trinajstić information content (AvgIpc) is 2.12. The first kappa shape index (κ1) is 9.01. The molecule has 0 bridgehead atoms. The molecule has 1 heterocycles. The summed E-state index contributed by atoms with van der Waals surface area (Å²) in [5.41, 5.74) is -0.535. The van der Waals surface area contributed by atoms with Gasteiger partial charge in [-0.15, -0.1) is 0 Å². The Morgan fingerprint density at radius 2 is 2.09 bits per heavy atom. The van der Waals surface area contributed by atoms with Crippen molar-refractivity contribution in [3.63, 3.8) is 0 Å². The second kappa shape index (κ2) is 3.11. The molecule has 1 saturated heterocycles. The molecule has 11 heavy (non-hydrogen) atoms. The molecule has 2 atom stereocenters. The molecule has 0 aliphatic carbocycles. The highest BCUT2D eigenvalue weighted by Gasteiger charge is 2.29. The van der Waals surface area contributed by atoms with E-state index in [0.717, 1.165) is 19.6 Å². The number of hydrogen-bond donors (Lipinski definition) is 1. The molecule has 0 saturated carbocycles. The maximum atomic E-state index is 9.54. The molecule has 0 aromatic rings. The van der Waals surface area contributed by atoms with Gasteiger partial charge >= 0.3 is 0 Å². The van der Waals surface area contributed by atoms with Gasteiger partial charge in [-0.3, -0.25) is 0 Å². The zero-order valence-electron chi connectivity index (χ0n) is 7.63. The van der Waals surface area contributed by atoms with Crippen LogP contribution in [0.15, 0.2) is 0 Å². The molecule has 0 spiro atoms. The van der Waals surface area contributed by atoms with Gasteiger partial charge in [0.25, 0.3) is 0 Å². The highest BCUT2D eigenvalue weighted by Crippen LogP contribution is 2.27. The van der Waals surface area contributed by atoms with Crippen LogP contribution in [-0.2, 0) is 4.74 Å². The van der Waals surface area contributed by atoms with E-state index < -0.39 is 5.60 Å². The van der Waals surface area contributed by atoms with Crippen LogP contribution in [0.2, 0.25) is 0 Å². The molecule has 2 nitrogen and oxygen atoms in total. The van der Waals surface area contributed by atoms with E-state index >= 15 is 0 Å². The van der Waals surface area contributed by atoms with Gasteiger partial charge in [-0.1, -0.05) is 6.92 Å². The third-order valence-electron chi connectivity index (χ3n) is 2.28. The Kier molecular flexibility index (Phi) is 2.55. The van der Waals surface area contributed by atoms with Crippen LogP contribution in [0.25, 0.3) is 0 Å². The molecule has 1 fully saturated rings. The fourth-order valence-electron chi connectivity index (χ4n) is 1.61. The molecule has 2 heteroatoms. The molecule has 0 amide bonds. The summed E-state index contributed by atoms with van der Waals surface area (Å²) in [6.45, 7) is 7.59. The van der Waals surface area contributed by atoms with E-state index in [1.165, 1.54) is 0 Å². The van der Waals surface area contributed by atoms with Crippen LogP contribution in [0.4, 0.5) is 0 Å². The van der Waals surface area contributed by atoms with Crippen molar-refractivity contribution in [2.45, 2.75) is 32.8 Å². The highest BCUT2D eigenvalue weighted by atomic mass is 16.5. The molecular formula is C9H18O2. The van der Waals surface area contributed by atoms with Gasteiger partial charge in [0.2, 0.25) is 0 Å². The molecule has 0 radical (unpaired) electrons. The van der Waals surface area contributed by atoms with Crippen molar-refractivity contribution in [3.05, 3.63) is 0 Å². The van der Waals surface area contributed by atoms with Crippen LogP contribution in [0, 0.1) is 11.8 Å². The molecule has 66 valence electrons. The van der Waals surface area contributed by atoms with Gasteiger partial charge in [0, 0.05) is 13.2 Å². The Morgan fingerprint density at radius 3 is 2.45 bits per heavy atom. The molecular weight excluding hydrogens is 140 g/mol.